The third-order valence-corrected chi connectivity index (χ3v) is 1.95. The number of carbonyl (C=O) groups is 1. The number of anilines is 1. The minimum Gasteiger partial charge on any atom is -0.465 e. The van der Waals surface area contributed by atoms with Crippen LogP contribution >= 0.6 is 0 Å². The first-order valence-corrected chi connectivity index (χ1v) is 4.80. The molecule has 16 heavy (non-hydrogen) atoms. The number of pyridine rings is 1. The van der Waals surface area contributed by atoms with Crippen LogP contribution in [-0.4, -0.2) is 29.8 Å². The van der Waals surface area contributed by atoms with Gasteiger partial charge in [0, 0.05) is 12.8 Å². The number of aliphatic hydroxyl groups is 1. The van der Waals surface area contributed by atoms with Crippen molar-refractivity contribution in [2.75, 3.05) is 19.5 Å². The maximum Gasteiger partial charge on any atom is 0.341 e. The third-order valence-electron chi connectivity index (χ3n) is 1.95. The largest absolute Gasteiger partial charge is 0.465 e. The maximum atomic E-state index is 11.3. The lowest BCUT2D eigenvalue weighted by Gasteiger charge is -2.03. The molecule has 0 aromatic carbocycles. The molecule has 0 amide bonds. The molecule has 0 aliphatic carbocycles. The average molecular weight is 222 g/mol. The van der Waals surface area contributed by atoms with Crippen LogP contribution in [-0.2, 0) is 4.74 Å². The molecule has 0 atom stereocenters. The summed E-state index contributed by atoms with van der Waals surface area (Å²) in [5, 5.41) is 8.61. The summed E-state index contributed by atoms with van der Waals surface area (Å²) in [5.74, 6) is -0.367. The van der Waals surface area contributed by atoms with Crippen LogP contribution in [0.5, 0.6) is 0 Å². The van der Waals surface area contributed by atoms with Gasteiger partial charge in [-0.1, -0.05) is 12.2 Å². The zero-order valence-electron chi connectivity index (χ0n) is 9.01. The summed E-state index contributed by atoms with van der Waals surface area (Å²) < 4.78 is 4.57. The molecule has 3 N–H and O–H groups in total. The van der Waals surface area contributed by atoms with Gasteiger partial charge in [0.1, 0.15) is 11.4 Å². The van der Waals surface area contributed by atoms with E-state index in [9.17, 15) is 4.79 Å². The summed E-state index contributed by atoms with van der Waals surface area (Å²) in [5.41, 5.74) is 6.53. The van der Waals surface area contributed by atoms with E-state index < -0.39 is 5.97 Å². The number of hydrogen-bond donors (Lipinski definition) is 2. The van der Waals surface area contributed by atoms with Crippen LogP contribution < -0.4 is 5.73 Å². The molecule has 0 saturated carbocycles. The normalized spacial score (nSPS) is 10.6. The van der Waals surface area contributed by atoms with Crippen molar-refractivity contribution < 1.29 is 14.6 Å². The number of ether oxygens (including phenoxy) is 1. The summed E-state index contributed by atoms with van der Waals surface area (Å²) in [6, 6.07) is 1.60. The van der Waals surface area contributed by atoms with Crippen molar-refractivity contribution in [2.45, 2.75) is 6.42 Å². The first-order chi connectivity index (χ1) is 7.69. The highest BCUT2D eigenvalue weighted by atomic mass is 16.5. The Labute approximate surface area is 93.6 Å². The van der Waals surface area contributed by atoms with Gasteiger partial charge in [0.15, 0.2) is 0 Å². The molecule has 0 unspecified atom stereocenters. The van der Waals surface area contributed by atoms with E-state index >= 15 is 0 Å². The number of aromatic nitrogens is 1. The second-order valence-electron chi connectivity index (χ2n) is 3.11. The molecule has 0 fully saturated rings. The second kappa shape index (κ2) is 5.87. The number of rotatable bonds is 4. The number of nitrogens with zero attached hydrogens (tertiary/aromatic N) is 1. The summed E-state index contributed by atoms with van der Waals surface area (Å²) >= 11 is 0. The van der Waals surface area contributed by atoms with E-state index in [1.807, 2.05) is 0 Å². The summed E-state index contributed by atoms with van der Waals surface area (Å²) in [6.07, 6.45) is 5.65. The van der Waals surface area contributed by atoms with Gasteiger partial charge in [0.25, 0.3) is 0 Å². The molecule has 1 rings (SSSR count). The van der Waals surface area contributed by atoms with Crippen LogP contribution in [0.4, 0.5) is 5.82 Å². The predicted molar refractivity (Wildman–Crippen MR) is 60.7 cm³/mol. The van der Waals surface area contributed by atoms with Crippen molar-refractivity contribution in [1.82, 2.24) is 4.98 Å². The van der Waals surface area contributed by atoms with E-state index in [0.29, 0.717) is 6.42 Å². The van der Waals surface area contributed by atoms with Gasteiger partial charge in [0.2, 0.25) is 0 Å². The Morgan fingerprint density at radius 2 is 2.44 bits per heavy atom. The number of hydrogen-bond acceptors (Lipinski definition) is 5. The van der Waals surface area contributed by atoms with E-state index in [0.717, 1.165) is 5.56 Å². The molecule has 86 valence electrons. The first kappa shape index (κ1) is 12.2. The molecule has 0 bridgehead atoms. The van der Waals surface area contributed by atoms with Crippen molar-refractivity contribution >= 4 is 17.9 Å². The molecule has 5 nitrogen and oxygen atoms in total. The monoisotopic (exact) mass is 222 g/mol. The number of esters is 1. The number of methoxy groups -OCH3 is 1. The highest BCUT2D eigenvalue weighted by Crippen LogP contribution is 2.13. The molecule has 1 heterocycles. The predicted octanol–water partition coefficient (Wildman–Crippen LogP) is 0.846. The van der Waals surface area contributed by atoms with Gasteiger partial charge < -0.3 is 15.6 Å². The Morgan fingerprint density at radius 1 is 1.69 bits per heavy atom. The lowest BCUT2D eigenvalue weighted by molar-refractivity contribution is 0.0601. The van der Waals surface area contributed by atoms with E-state index in [1.54, 1.807) is 24.4 Å². The molecule has 0 aliphatic heterocycles. The van der Waals surface area contributed by atoms with Gasteiger partial charge in [-0.05, 0) is 18.1 Å². The van der Waals surface area contributed by atoms with Gasteiger partial charge in [0.05, 0.1) is 7.11 Å². The lowest BCUT2D eigenvalue weighted by Crippen LogP contribution is -2.07. The van der Waals surface area contributed by atoms with Gasteiger partial charge >= 0.3 is 5.97 Å². The van der Waals surface area contributed by atoms with Crippen molar-refractivity contribution in [3.63, 3.8) is 0 Å². The Hall–Kier alpha value is -1.88. The zero-order chi connectivity index (χ0) is 12.0. The van der Waals surface area contributed by atoms with E-state index in [2.05, 4.69) is 9.72 Å². The van der Waals surface area contributed by atoms with Gasteiger partial charge in [-0.2, -0.15) is 0 Å². The van der Waals surface area contributed by atoms with E-state index in [4.69, 9.17) is 10.8 Å². The smallest absolute Gasteiger partial charge is 0.341 e. The fraction of sp³-hybridized carbons (Fsp3) is 0.273. The number of aliphatic hydroxyl groups excluding tert-OH is 1. The highest BCUT2D eigenvalue weighted by molar-refractivity contribution is 5.94. The Bertz CT molecular complexity index is 402. The maximum absolute atomic E-state index is 11.3. The van der Waals surface area contributed by atoms with Gasteiger partial charge in [-0.15, -0.1) is 0 Å². The van der Waals surface area contributed by atoms with E-state index in [1.165, 1.54) is 7.11 Å². The van der Waals surface area contributed by atoms with Crippen molar-refractivity contribution in [2.24, 2.45) is 0 Å². The van der Waals surface area contributed by atoms with Crippen LogP contribution in [0.2, 0.25) is 0 Å². The summed E-state index contributed by atoms with van der Waals surface area (Å²) in [6.45, 7) is 0.0861. The standard InChI is InChI=1S/C11H14N2O3/c1-16-11(15)9-6-8(4-2-3-5-14)7-13-10(9)12/h2,4,6-7,14H,3,5H2,1H3,(H2,12,13). The number of nitrogens with two attached hydrogens (primary N) is 1. The Balaban J connectivity index is 2.93. The van der Waals surface area contributed by atoms with Crippen LogP contribution in [0.1, 0.15) is 22.3 Å². The van der Waals surface area contributed by atoms with Crippen LogP contribution in [0.3, 0.4) is 0 Å². The SMILES string of the molecule is COC(=O)c1cc(C=CCCO)cnc1N. The quantitative estimate of drug-likeness (QED) is 0.737. The molecular weight excluding hydrogens is 208 g/mol. The summed E-state index contributed by atoms with van der Waals surface area (Å²) in [7, 11) is 1.29. The minimum absolute atomic E-state index is 0.0861. The average Bonchev–Trinajstić information content (AvgIpc) is 2.30. The molecule has 1 aromatic rings. The van der Waals surface area contributed by atoms with Crippen LogP contribution in [0, 0.1) is 0 Å². The number of carbonyl (C=O) groups excluding carboxylic acids is 1. The molecule has 5 heteroatoms. The molecule has 0 radical (unpaired) electrons. The van der Waals surface area contributed by atoms with Crippen molar-refractivity contribution in [3.05, 3.63) is 29.5 Å². The first-order valence-electron chi connectivity index (χ1n) is 4.80. The fourth-order valence-electron chi connectivity index (χ4n) is 1.15. The second-order valence-corrected chi connectivity index (χ2v) is 3.11. The highest BCUT2D eigenvalue weighted by Gasteiger charge is 2.10. The minimum atomic E-state index is -0.512. The van der Waals surface area contributed by atoms with E-state index in [-0.39, 0.29) is 18.0 Å². The van der Waals surface area contributed by atoms with Crippen LogP contribution in [0.15, 0.2) is 18.3 Å². The fourth-order valence-corrected chi connectivity index (χ4v) is 1.15. The zero-order valence-corrected chi connectivity index (χ0v) is 9.01. The number of nitrogen functional groups attached to an aromatic ring is 1. The van der Waals surface area contributed by atoms with Crippen molar-refractivity contribution in [3.8, 4) is 0 Å². The topological polar surface area (TPSA) is 85.4 Å². The Kier molecular flexibility index (Phi) is 4.47. The summed E-state index contributed by atoms with van der Waals surface area (Å²) in [4.78, 5) is 15.2. The molecular formula is C11H14N2O3. The molecule has 0 aliphatic rings. The van der Waals surface area contributed by atoms with Gasteiger partial charge in [-0.25, -0.2) is 9.78 Å². The van der Waals surface area contributed by atoms with Crippen LogP contribution in [0.25, 0.3) is 6.08 Å². The molecule has 0 spiro atoms. The Morgan fingerprint density at radius 3 is 3.06 bits per heavy atom. The lowest BCUT2D eigenvalue weighted by atomic mass is 10.1. The van der Waals surface area contributed by atoms with Gasteiger partial charge in [-0.3, -0.25) is 0 Å². The molecule has 1 aromatic heterocycles. The molecule has 0 saturated heterocycles. The third kappa shape index (κ3) is 3.06. The van der Waals surface area contributed by atoms with Crippen molar-refractivity contribution in [1.29, 1.82) is 0 Å².